The number of rotatable bonds is 8. The van der Waals surface area contributed by atoms with E-state index < -0.39 is 4.92 Å². The Morgan fingerprint density at radius 1 is 1.25 bits per heavy atom. The van der Waals surface area contributed by atoms with Crippen molar-refractivity contribution in [1.29, 1.82) is 0 Å². The third-order valence-electron chi connectivity index (χ3n) is 4.00. The molecule has 24 heavy (non-hydrogen) atoms. The summed E-state index contributed by atoms with van der Waals surface area (Å²) in [7, 11) is 0. The third-order valence-corrected chi connectivity index (χ3v) is 4.00. The highest BCUT2D eigenvalue weighted by atomic mass is 16.6. The number of amides is 1. The number of aliphatic hydroxyl groups excluding tert-OH is 1. The highest BCUT2D eigenvalue weighted by molar-refractivity contribution is 5.76. The molecule has 1 aliphatic rings. The molecule has 0 unspecified atom stereocenters. The van der Waals surface area contributed by atoms with Crippen LogP contribution in [0.3, 0.4) is 0 Å². The van der Waals surface area contributed by atoms with Gasteiger partial charge in [-0.2, -0.15) is 0 Å². The first-order valence-electron chi connectivity index (χ1n) is 8.09. The number of ether oxygens (including phenoxy) is 1. The van der Waals surface area contributed by atoms with E-state index in [9.17, 15) is 14.9 Å². The standard InChI is InChI=1S/C16H23N3O5/c20-12-11-17-7-9-18(10-8-17)16(21)6-3-13-24-15-5-2-1-4-14(15)19(22)23/h1-2,4-5,20H,3,6-13H2. The Morgan fingerprint density at radius 3 is 2.62 bits per heavy atom. The van der Waals surface area contributed by atoms with Gasteiger partial charge in [-0.25, -0.2) is 0 Å². The summed E-state index contributed by atoms with van der Waals surface area (Å²) in [5.74, 6) is 0.303. The van der Waals surface area contributed by atoms with E-state index in [4.69, 9.17) is 9.84 Å². The first-order chi connectivity index (χ1) is 11.6. The van der Waals surface area contributed by atoms with Crippen LogP contribution in [0.2, 0.25) is 0 Å². The van der Waals surface area contributed by atoms with Crippen molar-refractivity contribution in [1.82, 2.24) is 9.80 Å². The number of aliphatic hydroxyl groups is 1. The predicted molar refractivity (Wildman–Crippen MR) is 87.9 cm³/mol. The molecular weight excluding hydrogens is 314 g/mol. The number of β-amino-alcohol motifs (C(OH)–C–C–N with tert-alkyl or cyclic N) is 1. The molecule has 132 valence electrons. The van der Waals surface area contributed by atoms with Crippen molar-refractivity contribution in [3.63, 3.8) is 0 Å². The number of hydrogen-bond donors (Lipinski definition) is 1. The molecular formula is C16H23N3O5. The van der Waals surface area contributed by atoms with Crippen LogP contribution >= 0.6 is 0 Å². The molecule has 0 spiro atoms. The Kier molecular flexibility index (Phi) is 6.95. The summed E-state index contributed by atoms with van der Waals surface area (Å²) in [5.41, 5.74) is -0.0659. The SMILES string of the molecule is O=C(CCCOc1ccccc1[N+](=O)[O-])N1CCN(CCO)CC1. The highest BCUT2D eigenvalue weighted by Gasteiger charge is 2.20. The molecule has 0 aromatic heterocycles. The molecule has 1 amide bonds. The molecule has 1 aliphatic heterocycles. The van der Waals surface area contributed by atoms with Crippen molar-refractivity contribution >= 4 is 11.6 Å². The molecule has 0 atom stereocenters. The fourth-order valence-corrected chi connectivity index (χ4v) is 2.66. The molecule has 2 rings (SSSR count). The van der Waals surface area contributed by atoms with Gasteiger partial charge >= 0.3 is 5.69 Å². The highest BCUT2D eigenvalue weighted by Crippen LogP contribution is 2.25. The Morgan fingerprint density at radius 2 is 1.96 bits per heavy atom. The molecule has 1 heterocycles. The summed E-state index contributed by atoms with van der Waals surface area (Å²) in [5, 5.41) is 19.8. The minimum atomic E-state index is -0.480. The molecule has 0 radical (unpaired) electrons. The van der Waals surface area contributed by atoms with E-state index in [-0.39, 0.29) is 30.6 Å². The number of nitro benzene ring substituents is 1. The van der Waals surface area contributed by atoms with Crippen LogP contribution in [0.1, 0.15) is 12.8 Å². The Hall–Kier alpha value is -2.19. The van der Waals surface area contributed by atoms with E-state index in [1.54, 1.807) is 18.2 Å². The summed E-state index contributed by atoms with van der Waals surface area (Å²) >= 11 is 0. The van der Waals surface area contributed by atoms with Crippen molar-refractivity contribution in [2.45, 2.75) is 12.8 Å². The summed E-state index contributed by atoms with van der Waals surface area (Å²) in [6.45, 7) is 3.94. The minimum absolute atomic E-state index is 0.0659. The number of nitro groups is 1. The van der Waals surface area contributed by atoms with Crippen LogP contribution < -0.4 is 4.74 Å². The number of piperazine rings is 1. The summed E-state index contributed by atoms with van der Waals surface area (Å²) < 4.78 is 5.44. The number of carbonyl (C=O) groups is 1. The monoisotopic (exact) mass is 337 g/mol. The van der Waals surface area contributed by atoms with Crippen molar-refractivity contribution in [2.24, 2.45) is 0 Å². The van der Waals surface area contributed by atoms with E-state index in [2.05, 4.69) is 4.90 Å². The fraction of sp³-hybridized carbons (Fsp3) is 0.562. The molecule has 1 aromatic rings. The number of nitrogens with zero attached hydrogens (tertiary/aromatic N) is 3. The molecule has 1 N–H and O–H groups in total. The molecule has 1 saturated heterocycles. The van der Waals surface area contributed by atoms with E-state index in [0.717, 1.165) is 13.1 Å². The normalized spacial score (nSPS) is 15.3. The van der Waals surface area contributed by atoms with Gasteiger partial charge in [-0.15, -0.1) is 0 Å². The van der Waals surface area contributed by atoms with Gasteiger partial charge in [0, 0.05) is 45.2 Å². The van der Waals surface area contributed by atoms with Gasteiger partial charge in [0.15, 0.2) is 5.75 Å². The maximum Gasteiger partial charge on any atom is 0.310 e. The van der Waals surface area contributed by atoms with Crippen LogP contribution in [0.5, 0.6) is 5.75 Å². The van der Waals surface area contributed by atoms with E-state index in [0.29, 0.717) is 32.5 Å². The van der Waals surface area contributed by atoms with Gasteiger partial charge in [-0.3, -0.25) is 19.8 Å². The van der Waals surface area contributed by atoms with Gasteiger partial charge < -0.3 is 14.7 Å². The largest absolute Gasteiger partial charge is 0.487 e. The third kappa shape index (κ3) is 5.17. The van der Waals surface area contributed by atoms with Gasteiger partial charge in [-0.05, 0) is 12.5 Å². The number of para-hydroxylation sites is 2. The van der Waals surface area contributed by atoms with E-state index in [1.165, 1.54) is 6.07 Å². The number of carbonyl (C=O) groups excluding carboxylic acids is 1. The maximum absolute atomic E-state index is 12.1. The number of benzene rings is 1. The average Bonchev–Trinajstić information content (AvgIpc) is 2.59. The predicted octanol–water partition coefficient (Wildman–Crippen LogP) is 0.890. The second-order valence-corrected chi connectivity index (χ2v) is 5.62. The Labute approximate surface area is 140 Å². The Bertz CT molecular complexity index is 558. The van der Waals surface area contributed by atoms with E-state index in [1.807, 2.05) is 4.90 Å². The summed E-state index contributed by atoms with van der Waals surface area (Å²) in [4.78, 5) is 26.5. The fourth-order valence-electron chi connectivity index (χ4n) is 2.66. The van der Waals surface area contributed by atoms with Crippen LogP contribution in [0.4, 0.5) is 5.69 Å². The quantitative estimate of drug-likeness (QED) is 0.430. The first kappa shape index (κ1) is 18.2. The second kappa shape index (κ2) is 9.19. The van der Waals surface area contributed by atoms with Gasteiger partial charge in [0.1, 0.15) is 0 Å². The zero-order chi connectivity index (χ0) is 17.4. The topological polar surface area (TPSA) is 96.1 Å². The molecule has 8 nitrogen and oxygen atoms in total. The lowest BCUT2D eigenvalue weighted by Gasteiger charge is -2.34. The van der Waals surface area contributed by atoms with Gasteiger partial charge in [-0.1, -0.05) is 12.1 Å². The number of hydrogen-bond acceptors (Lipinski definition) is 6. The van der Waals surface area contributed by atoms with Crippen molar-refractivity contribution in [2.75, 3.05) is 45.9 Å². The Balaban J connectivity index is 1.69. The average molecular weight is 337 g/mol. The molecule has 1 aromatic carbocycles. The van der Waals surface area contributed by atoms with Crippen LogP contribution in [-0.4, -0.2) is 71.7 Å². The van der Waals surface area contributed by atoms with Crippen LogP contribution in [-0.2, 0) is 4.79 Å². The van der Waals surface area contributed by atoms with Crippen molar-refractivity contribution in [3.8, 4) is 5.75 Å². The van der Waals surface area contributed by atoms with Gasteiger partial charge in [0.25, 0.3) is 0 Å². The van der Waals surface area contributed by atoms with E-state index >= 15 is 0 Å². The first-order valence-corrected chi connectivity index (χ1v) is 8.09. The smallest absolute Gasteiger partial charge is 0.310 e. The lowest BCUT2D eigenvalue weighted by molar-refractivity contribution is -0.385. The van der Waals surface area contributed by atoms with Gasteiger partial charge in [0.2, 0.25) is 5.91 Å². The van der Waals surface area contributed by atoms with Crippen LogP contribution in [0, 0.1) is 10.1 Å². The zero-order valence-corrected chi connectivity index (χ0v) is 13.6. The molecule has 0 saturated carbocycles. The molecule has 0 bridgehead atoms. The molecule has 8 heteroatoms. The minimum Gasteiger partial charge on any atom is -0.487 e. The summed E-state index contributed by atoms with van der Waals surface area (Å²) in [6, 6.07) is 6.22. The van der Waals surface area contributed by atoms with Crippen LogP contribution in [0.15, 0.2) is 24.3 Å². The van der Waals surface area contributed by atoms with Crippen LogP contribution in [0.25, 0.3) is 0 Å². The second-order valence-electron chi connectivity index (χ2n) is 5.62. The van der Waals surface area contributed by atoms with Crippen molar-refractivity contribution < 1.29 is 19.6 Å². The molecule has 1 fully saturated rings. The lowest BCUT2D eigenvalue weighted by Crippen LogP contribution is -2.49. The van der Waals surface area contributed by atoms with Gasteiger partial charge in [0.05, 0.1) is 18.1 Å². The zero-order valence-electron chi connectivity index (χ0n) is 13.6. The molecule has 0 aliphatic carbocycles. The lowest BCUT2D eigenvalue weighted by atomic mass is 10.2. The van der Waals surface area contributed by atoms with Crippen molar-refractivity contribution in [3.05, 3.63) is 34.4 Å². The summed E-state index contributed by atoms with van der Waals surface area (Å²) in [6.07, 6.45) is 0.877. The maximum atomic E-state index is 12.1.